The molecule has 0 aromatic carbocycles. The smallest absolute Gasteiger partial charge is 0.323 e. The summed E-state index contributed by atoms with van der Waals surface area (Å²) < 4.78 is 9.42. The van der Waals surface area contributed by atoms with Gasteiger partial charge in [0, 0.05) is 36.1 Å². The quantitative estimate of drug-likeness (QED) is 0.306. The summed E-state index contributed by atoms with van der Waals surface area (Å²) in [6.07, 6.45) is 1.31. The number of hydrogen-bond donors (Lipinski definition) is 0. The number of halogens is 5. The molecule has 176 valence electrons. The predicted molar refractivity (Wildman–Crippen MR) is 135 cm³/mol. The van der Waals surface area contributed by atoms with E-state index in [0.717, 1.165) is 0 Å². The normalized spacial score (nSPS) is 80.5. The Hall–Kier alpha value is 1.34. The molecule has 0 saturated heterocycles. The van der Waals surface area contributed by atoms with Gasteiger partial charge in [-0.15, -0.1) is 0 Å². The lowest BCUT2D eigenvalue weighted by molar-refractivity contribution is -0.146. The molecule has 9 heteroatoms. The van der Waals surface area contributed by atoms with Gasteiger partial charge in [0.2, 0.25) is 0 Å². The Morgan fingerprint density at radius 1 is 0.697 bits per heavy atom. The largest absolute Gasteiger partial charge is 0.468 e. The standard InChI is InChI=1S/C24H21Br5O4/c1-32-17(30)19(26)13-8-9-14(19)22-5-3-4-6-7(5)11-12(25)10(6)23(28,21(4,13)22)15(8)20(27,18(31)33-2)16(9)24(11,22)29/h4-16H,3H2,1-2H3/t4-,5+,6-,7-,8+,9+,10-,11+,12?,13-,14+,15+,16-,19?,20?,21?,22?,23+,24-/m1/s1. The SMILES string of the molecule is COC(=O)C1(Br)[C@H]2[C@@H]3[C@@H]4[C@@H]5C(Br)(C(=O)OC)[C@H]3[C@@]3(Br)[C@H]6C(Br)[C@@H]7[C@H]8[C@H]6[C@H]6C[C@@H]8C([C@@H]41)(C623)[C@@]75Br. The highest BCUT2D eigenvalue weighted by Crippen LogP contribution is 3.12. The van der Waals surface area contributed by atoms with Crippen LogP contribution in [-0.4, -0.2) is 48.3 Å². The van der Waals surface area contributed by atoms with Gasteiger partial charge >= 0.3 is 11.9 Å². The summed E-state index contributed by atoms with van der Waals surface area (Å²) in [6, 6.07) is 0. The van der Waals surface area contributed by atoms with Crippen LogP contribution >= 0.6 is 79.6 Å². The predicted octanol–water partition coefficient (Wildman–Crippen LogP) is 4.52. The third kappa shape index (κ3) is 1.16. The Morgan fingerprint density at radius 2 is 1.09 bits per heavy atom. The zero-order chi connectivity index (χ0) is 22.8. The molecule has 4 bridgehead atoms. The highest BCUT2D eigenvalue weighted by atomic mass is 79.9. The number of carbonyl (C=O) groups is 2. The van der Waals surface area contributed by atoms with Gasteiger partial charge in [-0.25, -0.2) is 0 Å². The number of rotatable bonds is 2. The lowest BCUT2D eigenvalue weighted by atomic mass is 9.51. The number of fused-ring (bicyclic) bond motifs is 4. The fourth-order valence-electron chi connectivity index (χ4n) is 15.5. The molecule has 19 atom stereocenters. The van der Waals surface area contributed by atoms with Crippen LogP contribution in [0, 0.1) is 81.8 Å². The van der Waals surface area contributed by atoms with E-state index in [2.05, 4.69) is 79.6 Å². The first-order valence-electron chi connectivity index (χ1n) is 12.1. The van der Waals surface area contributed by atoms with Crippen LogP contribution in [0.3, 0.4) is 0 Å². The van der Waals surface area contributed by atoms with Crippen LogP contribution in [0.2, 0.25) is 0 Å². The summed E-state index contributed by atoms with van der Waals surface area (Å²) >= 11 is 21.9. The third-order valence-electron chi connectivity index (χ3n) is 14.2. The molecule has 0 amide bonds. The summed E-state index contributed by atoms with van der Waals surface area (Å²) in [5.74, 6) is 4.61. The molecule has 0 heterocycles. The maximum atomic E-state index is 13.8. The Morgan fingerprint density at radius 3 is 1.48 bits per heavy atom. The summed E-state index contributed by atoms with van der Waals surface area (Å²) in [5.41, 5.74) is 0.00744. The zero-order valence-electron chi connectivity index (χ0n) is 17.7. The first kappa shape index (κ1) is 20.3. The van der Waals surface area contributed by atoms with Crippen LogP contribution < -0.4 is 0 Å². The summed E-state index contributed by atoms with van der Waals surface area (Å²) in [5, 5.41) is 0. The number of carbonyl (C=O) groups excluding carboxylic acids is 2. The molecule has 10 aliphatic rings. The van der Waals surface area contributed by atoms with Gasteiger partial charge in [-0.1, -0.05) is 79.6 Å². The molecule has 0 radical (unpaired) electrons. The molecule has 10 aliphatic carbocycles. The van der Waals surface area contributed by atoms with E-state index in [4.69, 9.17) is 9.47 Å². The first-order valence-corrected chi connectivity index (χ1v) is 16.2. The van der Waals surface area contributed by atoms with E-state index in [1.165, 1.54) is 6.42 Å². The maximum Gasteiger partial charge on any atom is 0.323 e. The van der Waals surface area contributed by atoms with Crippen molar-refractivity contribution in [3.05, 3.63) is 0 Å². The number of hydrogen-bond acceptors (Lipinski definition) is 4. The zero-order valence-corrected chi connectivity index (χ0v) is 25.7. The number of ether oxygens (including phenoxy) is 2. The minimum atomic E-state index is -0.727. The molecular weight excluding hydrogens is 752 g/mol. The van der Waals surface area contributed by atoms with Gasteiger partial charge in [-0.05, 0) is 65.6 Å². The second-order valence-corrected chi connectivity index (χ2v) is 19.3. The lowest BCUT2D eigenvalue weighted by Crippen LogP contribution is -2.58. The number of esters is 2. The molecule has 0 aromatic rings. The molecule has 10 fully saturated rings. The van der Waals surface area contributed by atoms with Crippen molar-refractivity contribution in [1.82, 2.24) is 0 Å². The van der Waals surface area contributed by atoms with E-state index < -0.39 is 8.65 Å². The second kappa shape index (κ2) is 4.79. The van der Waals surface area contributed by atoms with Gasteiger partial charge in [-0.2, -0.15) is 0 Å². The van der Waals surface area contributed by atoms with E-state index in [9.17, 15) is 9.59 Å². The molecule has 4 nitrogen and oxygen atoms in total. The van der Waals surface area contributed by atoms with E-state index in [-0.39, 0.29) is 55.1 Å². The minimum Gasteiger partial charge on any atom is -0.468 e. The van der Waals surface area contributed by atoms with Crippen molar-refractivity contribution in [3.63, 3.8) is 0 Å². The van der Waals surface area contributed by atoms with E-state index >= 15 is 0 Å². The van der Waals surface area contributed by atoms with Crippen molar-refractivity contribution in [3.8, 4) is 0 Å². The van der Waals surface area contributed by atoms with Gasteiger partial charge in [0.25, 0.3) is 0 Å². The number of alkyl halides is 5. The van der Waals surface area contributed by atoms with Crippen LogP contribution in [0.4, 0.5) is 0 Å². The summed E-state index contributed by atoms with van der Waals surface area (Å²) in [4.78, 5) is 28.0. The van der Waals surface area contributed by atoms with E-state index in [0.29, 0.717) is 52.2 Å². The maximum absolute atomic E-state index is 13.8. The summed E-state index contributed by atoms with van der Waals surface area (Å²) in [6.45, 7) is 0. The van der Waals surface area contributed by atoms with Crippen LogP contribution in [0.1, 0.15) is 6.42 Å². The van der Waals surface area contributed by atoms with E-state index in [1.807, 2.05) is 0 Å². The fourth-order valence-corrected chi connectivity index (χ4v) is 25.6. The third-order valence-corrected chi connectivity index (χ3v) is 21.3. The first-order chi connectivity index (χ1) is 15.6. The molecule has 0 aromatic heterocycles. The fraction of sp³-hybridized carbons (Fsp3) is 0.917. The average Bonchev–Trinajstić information content (AvgIpc) is 3.58. The highest BCUT2D eigenvalue weighted by Gasteiger charge is 3.15. The van der Waals surface area contributed by atoms with Crippen molar-refractivity contribution >= 4 is 91.6 Å². The van der Waals surface area contributed by atoms with E-state index in [1.54, 1.807) is 14.2 Å². The average molecular weight is 773 g/mol. The van der Waals surface area contributed by atoms with Crippen LogP contribution in [-0.2, 0) is 19.1 Å². The Labute approximate surface area is 233 Å². The van der Waals surface area contributed by atoms with Crippen LogP contribution in [0.5, 0.6) is 0 Å². The lowest BCUT2D eigenvalue weighted by Gasteiger charge is -2.55. The second-order valence-electron chi connectivity index (χ2n) is 13.0. The van der Waals surface area contributed by atoms with Crippen molar-refractivity contribution in [2.45, 2.75) is 28.5 Å². The molecule has 0 N–H and O–H groups in total. The highest BCUT2D eigenvalue weighted by molar-refractivity contribution is 9.11. The molecular formula is C24H21Br5O4. The monoisotopic (exact) mass is 768 g/mol. The Kier molecular flexibility index (Phi) is 2.95. The van der Waals surface area contributed by atoms with Gasteiger partial charge in [0.15, 0.2) is 0 Å². The van der Waals surface area contributed by atoms with Crippen LogP contribution in [0.15, 0.2) is 0 Å². The van der Waals surface area contributed by atoms with Gasteiger partial charge < -0.3 is 9.47 Å². The molecule has 2 spiro atoms. The van der Waals surface area contributed by atoms with Gasteiger partial charge in [0.1, 0.15) is 8.65 Å². The molecule has 33 heavy (non-hydrogen) atoms. The number of methoxy groups -OCH3 is 2. The molecule has 0 aliphatic heterocycles. The van der Waals surface area contributed by atoms with Gasteiger partial charge in [-0.3, -0.25) is 9.59 Å². The topological polar surface area (TPSA) is 52.6 Å². The molecule has 10 rings (SSSR count). The van der Waals surface area contributed by atoms with Gasteiger partial charge in [0.05, 0.1) is 14.2 Å². The molecule has 5 unspecified atom stereocenters. The van der Waals surface area contributed by atoms with Crippen LogP contribution in [0.25, 0.3) is 0 Å². The summed E-state index contributed by atoms with van der Waals surface area (Å²) in [7, 11) is 3.10. The molecule has 10 saturated carbocycles. The van der Waals surface area contributed by atoms with Crippen molar-refractivity contribution in [2.75, 3.05) is 14.2 Å². The Bertz CT molecular complexity index is 1130. The minimum absolute atomic E-state index is 0.00372. The Balaban J connectivity index is 1.45. The van der Waals surface area contributed by atoms with Crippen molar-refractivity contribution in [2.24, 2.45) is 81.8 Å². The van der Waals surface area contributed by atoms with Crippen molar-refractivity contribution in [1.29, 1.82) is 0 Å². The van der Waals surface area contributed by atoms with Crippen molar-refractivity contribution < 1.29 is 19.1 Å².